The molecule has 0 aliphatic carbocycles. The Kier molecular flexibility index (Phi) is 5.49. The highest BCUT2D eigenvalue weighted by Crippen LogP contribution is 2.42. The van der Waals surface area contributed by atoms with Gasteiger partial charge in [0.25, 0.3) is 5.91 Å². The van der Waals surface area contributed by atoms with E-state index in [9.17, 15) is 4.79 Å². The van der Waals surface area contributed by atoms with E-state index in [1.807, 2.05) is 85.5 Å². The maximum absolute atomic E-state index is 13.4. The number of amides is 1. The second-order valence-corrected chi connectivity index (χ2v) is 8.09. The number of hydrogen-bond acceptors (Lipinski definition) is 3. The molecule has 0 bridgehead atoms. The number of fused-ring (bicyclic) bond motifs is 1. The Morgan fingerprint density at radius 3 is 2.37 bits per heavy atom. The van der Waals surface area contributed by atoms with Gasteiger partial charge in [-0.3, -0.25) is 4.79 Å². The van der Waals surface area contributed by atoms with Crippen LogP contribution >= 0.6 is 0 Å². The van der Waals surface area contributed by atoms with Crippen LogP contribution in [-0.2, 0) is 12.1 Å². The van der Waals surface area contributed by atoms with E-state index in [1.54, 1.807) is 0 Å². The molecular weight excluding hydrogens is 372 g/mol. The van der Waals surface area contributed by atoms with Crippen LogP contribution in [0.15, 0.2) is 78.9 Å². The summed E-state index contributed by atoms with van der Waals surface area (Å²) < 4.78 is 6.23. The van der Waals surface area contributed by atoms with Gasteiger partial charge in [0.05, 0.1) is 12.2 Å². The summed E-state index contributed by atoms with van der Waals surface area (Å²) in [7, 11) is 0. The lowest BCUT2D eigenvalue weighted by molar-refractivity contribution is 0.0427. The van der Waals surface area contributed by atoms with Gasteiger partial charge in [0.2, 0.25) is 0 Å². The Hall–Kier alpha value is -3.27. The fourth-order valence-electron chi connectivity index (χ4n) is 4.30. The van der Waals surface area contributed by atoms with Crippen molar-refractivity contribution in [2.45, 2.75) is 38.9 Å². The first-order valence-corrected chi connectivity index (χ1v) is 10.5. The van der Waals surface area contributed by atoms with Gasteiger partial charge in [-0.25, -0.2) is 0 Å². The summed E-state index contributed by atoms with van der Waals surface area (Å²) >= 11 is 0. The highest BCUT2D eigenvalue weighted by Gasteiger charge is 2.45. The van der Waals surface area contributed by atoms with Crippen LogP contribution in [0, 0.1) is 0 Å². The average molecular weight is 401 g/mol. The van der Waals surface area contributed by atoms with Crippen molar-refractivity contribution in [1.29, 1.82) is 0 Å². The van der Waals surface area contributed by atoms with Crippen molar-refractivity contribution < 1.29 is 9.53 Å². The number of para-hydroxylation sites is 2. The fraction of sp³-hybridized carbons (Fsp3) is 0.269. The molecule has 3 aromatic rings. The number of hydrogen-bond donors (Lipinski definition) is 1. The fourth-order valence-corrected chi connectivity index (χ4v) is 4.30. The molecule has 0 radical (unpaired) electrons. The summed E-state index contributed by atoms with van der Waals surface area (Å²) in [5.41, 5.74) is 3.02. The molecule has 1 unspecified atom stereocenters. The number of anilines is 1. The average Bonchev–Trinajstić information content (AvgIpc) is 2.74. The number of nitrogens with zero attached hydrogens (tertiary/aromatic N) is 1. The van der Waals surface area contributed by atoms with Gasteiger partial charge in [-0.2, -0.15) is 0 Å². The molecule has 4 rings (SSSR count). The standard InChI is InChI=1S/C26H28N2O2/c1-19(2)28-25(29)21-13-7-9-15-23(21)27-26(28,3)22-14-8-10-16-24(22)30-18-17-20-11-5-4-6-12-20/h4-16,19,27H,17-18H2,1-3H3. The molecule has 0 aromatic heterocycles. The lowest BCUT2D eigenvalue weighted by Gasteiger charge is -2.49. The normalized spacial score (nSPS) is 18.1. The van der Waals surface area contributed by atoms with Crippen molar-refractivity contribution in [3.63, 3.8) is 0 Å². The molecule has 3 aromatic carbocycles. The van der Waals surface area contributed by atoms with E-state index in [0.717, 1.165) is 23.4 Å². The first-order valence-electron chi connectivity index (χ1n) is 10.5. The minimum atomic E-state index is -0.719. The summed E-state index contributed by atoms with van der Waals surface area (Å²) in [6, 6.07) is 26.0. The minimum absolute atomic E-state index is 0.0146. The zero-order valence-electron chi connectivity index (χ0n) is 17.8. The monoisotopic (exact) mass is 400 g/mol. The van der Waals surface area contributed by atoms with Gasteiger partial charge < -0.3 is 15.0 Å². The summed E-state index contributed by atoms with van der Waals surface area (Å²) in [5.74, 6) is 0.821. The summed E-state index contributed by atoms with van der Waals surface area (Å²) in [5, 5.41) is 3.63. The third kappa shape index (κ3) is 3.65. The van der Waals surface area contributed by atoms with E-state index in [2.05, 4.69) is 24.4 Å². The van der Waals surface area contributed by atoms with Gasteiger partial charge in [-0.15, -0.1) is 0 Å². The number of carbonyl (C=O) groups excluding carboxylic acids is 1. The van der Waals surface area contributed by atoms with Crippen molar-refractivity contribution in [2.24, 2.45) is 0 Å². The summed E-state index contributed by atoms with van der Waals surface area (Å²) in [6.07, 6.45) is 0.828. The molecule has 1 aliphatic heterocycles. The first-order chi connectivity index (χ1) is 14.5. The molecule has 1 heterocycles. The second kappa shape index (κ2) is 8.23. The van der Waals surface area contributed by atoms with Crippen LogP contribution in [0.4, 0.5) is 5.69 Å². The SMILES string of the molecule is CC(C)N1C(=O)c2ccccc2NC1(C)c1ccccc1OCCc1ccccc1. The van der Waals surface area contributed by atoms with Crippen LogP contribution in [0.25, 0.3) is 0 Å². The maximum atomic E-state index is 13.4. The van der Waals surface area contributed by atoms with Crippen molar-refractivity contribution in [3.8, 4) is 5.75 Å². The number of rotatable bonds is 6. The third-order valence-electron chi connectivity index (χ3n) is 5.66. The molecule has 1 atom stereocenters. The van der Waals surface area contributed by atoms with E-state index in [1.165, 1.54) is 5.56 Å². The van der Waals surface area contributed by atoms with E-state index in [-0.39, 0.29) is 11.9 Å². The molecular formula is C26H28N2O2. The zero-order valence-corrected chi connectivity index (χ0v) is 17.8. The molecule has 1 N–H and O–H groups in total. The van der Waals surface area contributed by atoms with Gasteiger partial charge in [-0.1, -0.05) is 60.7 Å². The largest absolute Gasteiger partial charge is 0.493 e. The van der Waals surface area contributed by atoms with Gasteiger partial charge in [0, 0.05) is 23.7 Å². The number of nitrogens with one attached hydrogen (secondary N) is 1. The molecule has 30 heavy (non-hydrogen) atoms. The molecule has 1 amide bonds. The Labute approximate surface area is 178 Å². The molecule has 0 saturated heterocycles. The smallest absolute Gasteiger partial charge is 0.258 e. The first kappa shape index (κ1) is 20.0. The van der Waals surface area contributed by atoms with E-state index in [0.29, 0.717) is 12.2 Å². The van der Waals surface area contributed by atoms with Crippen LogP contribution in [0.5, 0.6) is 5.75 Å². The molecule has 0 spiro atoms. The van der Waals surface area contributed by atoms with Crippen LogP contribution < -0.4 is 10.1 Å². The Morgan fingerprint density at radius 2 is 1.60 bits per heavy atom. The second-order valence-electron chi connectivity index (χ2n) is 8.09. The number of benzene rings is 3. The van der Waals surface area contributed by atoms with Crippen molar-refractivity contribution >= 4 is 11.6 Å². The summed E-state index contributed by atoms with van der Waals surface area (Å²) in [4.78, 5) is 15.3. The van der Waals surface area contributed by atoms with Crippen LogP contribution in [0.2, 0.25) is 0 Å². The number of carbonyl (C=O) groups is 1. The van der Waals surface area contributed by atoms with E-state index >= 15 is 0 Å². The van der Waals surface area contributed by atoms with Crippen LogP contribution in [0.3, 0.4) is 0 Å². The van der Waals surface area contributed by atoms with E-state index < -0.39 is 5.66 Å². The zero-order chi connectivity index (χ0) is 21.1. The van der Waals surface area contributed by atoms with Crippen molar-refractivity contribution in [1.82, 2.24) is 4.90 Å². The lowest BCUT2D eigenvalue weighted by atomic mass is 9.91. The highest BCUT2D eigenvalue weighted by atomic mass is 16.5. The predicted octanol–water partition coefficient (Wildman–Crippen LogP) is 5.46. The van der Waals surface area contributed by atoms with Gasteiger partial charge >= 0.3 is 0 Å². The Bertz CT molecular complexity index is 1030. The van der Waals surface area contributed by atoms with Gasteiger partial charge in [0.15, 0.2) is 0 Å². The lowest BCUT2D eigenvalue weighted by Crippen LogP contribution is -2.58. The molecule has 4 heteroatoms. The Balaban J connectivity index is 1.67. The topological polar surface area (TPSA) is 41.6 Å². The van der Waals surface area contributed by atoms with Crippen LogP contribution in [0.1, 0.15) is 42.3 Å². The molecule has 0 saturated carbocycles. The molecule has 0 fully saturated rings. The van der Waals surface area contributed by atoms with Crippen molar-refractivity contribution in [3.05, 3.63) is 95.6 Å². The van der Waals surface area contributed by atoms with Crippen molar-refractivity contribution in [2.75, 3.05) is 11.9 Å². The third-order valence-corrected chi connectivity index (χ3v) is 5.66. The molecule has 4 nitrogen and oxygen atoms in total. The highest BCUT2D eigenvalue weighted by molar-refractivity contribution is 6.02. The van der Waals surface area contributed by atoms with Gasteiger partial charge in [0.1, 0.15) is 11.4 Å². The van der Waals surface area contributed by atoms with Gasteiger partial charge in [-0.05, 0) is 44.5 Å². The molecule has 154 valence electrons. The quantitative estimate of drug-likeness (QED) is 0.598. The van der Waals surface area contributed by atoms with E-state index in [4.69, 9.17) is 4.74 Å². The minimum Gasteiger partial charge on any atom is -0.493 e. The van der Waals surface area contributed by atoms with Crippen LogP contribution in [-0.4, -0.2) is 23.5 Å². The number of ether oxygens (including phenoxy) is 1. The maximum Gasteiger partial charge on any atom is 0.258 e. The summed E-state index contributed by atoms with van der Waals surface area (Å²) in [6.45, 7) is 6.72. The predicted molar refractivity (Wildman–Crippen MR) is 121 cm³/mol. The Morgan fingerprint density at radius 1 is 0.933 bits per heavy atom. The molecule has 1 aliphatic rings.